The van der Waals surface area contributed by atoms with Crippen LogP contribution in [-0.2, 0) is 6.42 Å². The van der Waals surface area contributed by atoms with Crippen LogP contribution in [0.3, 0.4) is 0 Å². The van der Waals surface area contributed by atoms with Crippen molar-refractivity contribution in [3.05, 3.63) is 58.1 Å². The Labute approximate surface area is 125 Å². The molecule has 1 atom stereocenters. The van der Waals surface area contributed by atoms with Gasteiger partial charge in [0.1, 0.15) is 11.5 Å². The van der Waals surface area contributed by atoms with Gasteiger partial charge in [-0.3, -0.25) is 0 Å². The molecule has 3 nitrogen and oxygen atoms in total. The van der Waals surface area contributed by atoms with E-state index in [4.69, 9.17) is 4.74 Å². The first-order valence-corrected chi connectivity index (χ1v) is 7.30. The van der Waals surface area contributed by atoms with Gasteiger partial charge in [0.25, 0.3) is 0 Å². The van der Waals surface area contributed by atoms with Crippen molar-refractivity contribution in [1.82, 2.24) is 5.32 Å². The average molecular weight is 283 g/mol. The molecule has 21 heavy (non-hydrogen) atoms. The molecule has 0 amide bonds. The highest BCUT2D eigenvalue weighted by Gasteiger charge is 2.24. The summed E-state index contributed by atoms with van der Waals surface area (Å²) in [5.41, 5.74) is 6.09. The Morgan fingerprint density at radius 2 is 1.86 bits per heavy atom. The third kappa shape index (κ3) is 2.49. The second-order valence-corrected chi connectivity index (χ2v) is 5.70. The number of hydrogen-bond donors (Lipinski definition) is 2. The quantitative estimate of drug-likeness (QED) is 0.889. The van der Waals surface area contributed by atoms with Crippen LogP contribution in [-0.4, -0.2) is 18.8 Å². The summed E-state index contributed by atoms with van der Waals surface area (Å²) in [4.78, 5) is 0. The van der Waals surface area contributed by atoms with Crippen LogP contribution in [0.5, 0.6) is 11.5 Å². The maximum absolute atomic E-state index is 9.68. The van der Waals surface area contributed by atoms with Crippen molar-refractivity contribution >= 4 is 0 Å². The Hall–Kier alpha value is -2.00. The van der Waals surface area contributed by atoms with E-state index in [0.29, 0.717) is 5.75 Å². The minimum absolute atomic E-state index is 0.114. The summed E-state index contributed by atoms with van der Waals surface area (Å²) in [5.74, 6) is 1.25. The van der Waals surface area contributed by atoms with Crippen LogP contribution in [0.25, 0.3) is 0 Å². The Morgan fingerprint density at radius 1 is 1.10 bits per heavy atom. The van der Waals surface area contributed by atoms with Crippen molar-refractivity contribution in [1.29, 1.82) is 0 Å². The van der Waals surface area contributed by atoms with E-state index in [1.165, 1.54) is 22.3 Å². The lowest BCUT2D eigenvalue weighted by atomic mass is 9.88. The molecule has 0 spiro atoms. The monoisotopic (exact) mass is 283 g/mol. The highest BCUT2D eigenvalue weighted by molar-refractivity contribution is 5.50. The van der Waals surface area contributed by atoms with Crippen LogP contribution < -0.4 is 10.1 Å². The predicted molar refractivity (Wildman–Crippen MR) is 84.1 cm³/mol. The van der Waals surface area contributed by atoms with Gasteiger partial charge < -0.3 is 15.2 Å². The molecule has 2 N–H and O–H groups in total. The molecule has 110 valence electrons. The number of ether oxygens (including phenoxy) is 1. The number of phenolic OH excluding ortho intramolecular Hbond substituents is 1. The molecule has 1 aliphatic rings. The SMILES string of the molecule is COc1cc(C)c(C)cc1C1NCCc2cc(O)ccc21. The molecule has 0 bridgehead atoms. The molecule has 0 aromatic heterocycles. The minimum atomic E-state index is 0.114. The highest BCUT2D eigenvalue weighted by Crippen LogP contribution is 2.36. The fraction of sp³-hybridized carbons (Fsp3) is 0.333. The lowest BCUT2D eigenvalue weighted by molar-refractivity contribution is 0.401. The molecular weight excluding hydrogens is 262 g/mol. The van der Waals surface area contributed by atoms with E-state index in [2.05, 4.69) is 31.3 Å². The predicted octanol–water partition coefficient (Wildman–Crippen LogP) is 3.25. The van der Waals surface area contributed by atoms with Crippen LogP contribution in [0.2, 0.25) is 0 Å². The largest absolute Gasteiger partial charge is 0.508 e. The molecule has 0 fully saturated rings. The second-order valence-electron chi connectivity index (χ2n) is 5.70. The van der Waals surface area contributed by atoms with Crippen molar-refractivity contribution < 1.29 is 9.84 Å². The molecule has 1 unspecified atom stereocenters. The molecule has 3 rings (SSSR count). The molecule has 0 radical (unpaired) electrons. The van der Waals surface area contributed by atoms with E-state index in [-0.39, 0.29) is 6.04 Å². The third-order valence-corrected chi connectivity index (χ3v) is 4.34. The van der Waals surface area contributed by atoms with Crippen molar-refractivity contribution in [2.75, 3.05) is 13.7 Å². The Morgan fingerprint density at radius 3 is 2.62 bits per heavy atom. The van der Waals surface area contributed by atoms with Crippen molar-refractivity contribution in [3.8, 4) is 11.5 Å². The number of phenols is 1. The van der Waals surface area contributed by atoms with Crippen LogP contribution in [0.15, 0.2) is 30.3 Å². The van der Waals surface area contributed by atoms with Gasteiger partial charge in [0.2, 0.25) is 0 Å². The number of nitrogens with one attached hydrogen (secondary N) is 1. The normalized spacial score (nSPS) is 17.4. The molecule has 0 aliphatic carbocycles. The number of aryl methyl sites for hydroxylation is 2. The van der Waals surface area contributed by atoms with Gasteiger partial charge >= 0.3 is 0 Å². The topological polar surface area (TPSA) is 41.5 Å². The van der Waals surface area contributed by atoms with E-state index in [9.17, 15) is 5.11 Å². The first-order chi connectivity index (χ1) is 10.1. The fourth-order valence-corrected chi connectivity index (χ4v) is 3.04. The average Bonchev–Trinajstić information content (AvgIpc) is 2.48. The number of fused-ring (bicyclic) bond motifs is 1. The Balaban J connectivity index is 2.12. The summed E-state index contributed by atoms with van der Waals surface area (Å²) in [5, 5.41) is 13.3. The number of aromatic hydroxyl groups is 1. The zero-order valence-electron chi connectivity index (χ0n) is 12.7. The lowest BCUT2D eigenvalue weighted by Crippen LogP contribution is -2.30. The highest BCUT2D eigenvalue weighted by atomic mass is 16.5. The standard InChI is InChI=1S/C18H21NO2/c1-11-8-16(17(21-3)9-12(11)2)18-15-5-4-14(20)10-13(15)6-7-19-18/h4-5,8-10,18-20H,6-7H2,1-3H3. The zero-order chi connectivity index (χ0) is 15.0. The molecule has 0 saturated heterocycles. The summed E-state index contributed by atoms with van der Waals surface area (Å²) >= 11 is 0. The van der Waals surface area contributed by atoms with Crippen LogP contribution in [0.4, 0.5) is 0 Å². The second kappa shape index (κ2) is 5.41. The molecule has 2 aromatic carbocycles. The van der Waals surface area contributed by atoms with Crippen molar-refractivity contribution in [2.45, 2.75) is 26.3 Å². The first-order valence-electron chi connectivity index (χ1n) is 7.30. The number of methoxy groups -OCH3 is 1. The van der Waals surface area contributed by atoms with Gasteiger partial charge in [0.15, 0.2) is 0 Å². The van der Waals surface area contributed by atoms with E-state index >= 15 is 0 Å². The van der Waals surface area contributed by atoms with Crippen LogP contribution >= 0.6 is 0 Å². The number of hydrogen-bond acceptors (Lipinski definition) is 3. The summed E-state index contributed by atoms with van der Waals surface area (Å²) in [6.07, 6.45) is 0.938. The van der Waals surface area contributed by atoms with E-state index < -0.39 is 0 Å². The van der Waals surface area contributed by atoms with Gasteiger partial charge in [0, 0.05) is 12.1 Å². The van der Waals surface area contributed by atoms with Crippen molar-refractivity contribution in [2.24, 2.45) is 0 Å². The zero-order valence-corrected chi connectivity index (χ0v) is 12.7. The molecular formula is C18H21NO2. The van der Waals surface area contributed by atoms with Crippen LogP contribution in [0, 0.1) is 13.8 Å². The molecule has 0 saturated carbocycles. The van der Waals surface area contributed by atoms with E-state index in [1.807, 2.05) is 12.1 Å². The molecule has 3 heteroatoms. The summed E-state index contributed by atoms with van der Waals surface area (Å²) in [6.45, 7) is 5.12. The lowest BCUT2D eigenvalue weighted by Gasteiger charge is -2.29. The van der Waals surface area contributed by atoms with Gasteiger partial charge in [-0.25, -0.2) is 0 Å². The van der Waals surface area contributed by atoms with Gasteiger partial charge in [-0.1, -0.05) is 12.1 Å². The maximum Gasteiger partial charge on any atom is 0.124 e. The molecule has 1 aliphatic heterocycles. The van der Waals surface area contributed by atoms with Crippen molar-refractivity contribution in [3.63, 3.8) is 0 Å². The number of rotatable bonds is 2. The Bertz CT molecular complexity index is 679. The van der Waals surface area contributed by atoms with Gasteiger partial charge in [-0.2, -0.15) is 0 Å². The third-order valence-electron chi connectivity index (χ3n) is 4.34. The summed E-state index contributed by atoms with van der Waals surface area (Å²) in [6, 6.07) is 10.1. The van der Waals surface area contributed by atoms with E-state index in [1.54, 1.807) is 13.2 Å². The fourth-order valence-electron chi connectivity index (χ4n) is 3.04. The molecule has 1 heterocycles. The maximum atomic E-state index is 9.68. The van der Waals surface area contributed by atoms with E-state index in [0.717, 1.165) is 24.3 Å². The minimum Gasteiger partial charge on any atom is -0.508 e. The number of benzene rings is 2. The summed E-state index contributed by atoms with van der Waals surface area (Å²) in [7, 11) is 1.72. The van der Waals surface area contributed by atoms with Gasteiger partial charge in [-0.15, -0.1) is 0 Å². The molecule has 2 aromatic rings. The van der Waals surface area contributed by atoms with Gasteiger partial charge in [0.05, 0.1) is 13.2 Å². The van der Waals surface area contributed by atoms with Gasteiger partial charge in [-0.05, 0) is 60.7 Å². The smallest absolute Gasteiger partial charge is 0.124 e. The van der Waals surface area contributed by atoms with Crippen LogP contribution in [0.1, 0.15) is 33.9 Å². The Kier molecular flexibility index (Phi) is 3.60. The first kappa shape index (κ1) is 14.0. The summed E-state index contributed by atoms with van der Waals surface area (Å²) < 4.78 is 5.58.